The lowest BCUT2D eigenvalue weighted by molar-refractivity contribution is 0.249. The van der Waals surface area contributed by atoms with E-state index >= 15 is 0 Å². The number of piperazine rings is 1. The fraction of sp³-hybridized carbons (Fsp3) is 0.333. The third-order valence-corrected chi connectivity index (χ3v) is 4.30. The van der Waals surface area contributed by atoms with Crippen LogP contribution in [0.1, 0.15) is 5.56 Å². The molecule has 2 aromatic rings. The van der Waals surface area contributed by atoms with Crippen molar-refractivity contribution in [2.75, 3.05) is 31.1 Å². The van der Waals surface area contributed by atoms with Gasteiger partial charge in [-0.2, -0.15) is 0 Å². The molecule has 0 amide bonds. The van der Waals surface area contributed by atoms with Gasteiger partial charge in [-0.3, -0.25) is 4.90 Å². The second-order valence-electron chi connectivity index (χ2n) is 5.09. The van der Waals surface area contributed by atoms with Gasteiger partial charge < -0.3 is 4.90 Å². The second-order valence-corrected chi connectivity index (χ2v) is 6.39. The van der Waals surface area contributed by atoms with Crippen LogP contribution in [0.15, 0.2) is 41.1 Å². The maximum Gasteiger partial charge on any atom is 0.129 e. The molecule has 0 aliphatic carbocycles. The van der Waals surface area contributed by atoms with E-state index in [4.69, 9.17) is 11.6 Å². The minimum Gasteiger partial charge on any atom is -0.354 e. The van der Waals surface area contributed by atoms with Crippen LogP contribution in [0.5, 0.6) is 0 Å². The van der Waals surface area contributed by atoms with Crippen molar-refractivity contribution < 1.29 is 0 Å². The first-order chi connectivity index (χ1) is 10.2. The number of hydrogen-bond donors (Lipinski definition) is 0. The average Bonchev–Trinajstić information content (AvgIpc) is 2.51. The Morgan fingerprint density at radius 3 is 2.43 bits per heavy atom. The summed E-state index contributed by atoms with van der Waals surface area (Å²) in [5.41, 5.74) is 1.20. The maximum atomic E-state index is 5.81. The monoisotopic (exact) mass is 366 g/mol. The van der Waals surface area contributed by atoms with Gasteiger partial charge in [0.05, 0.1) is 0 Å². The molecule has 0 radical (unpaired) electrons. The third kappa shape index (κ3) is 3.93. The molecule has 1 fully saturated rings. The molecular formula is C15H16BrClN4. The smallest absolute Gasteiger partial charge is 0.129 e. The topological polar surface area (TPSA) is 32.3 Å². The van der Waals surface area contributed by atoms with Crippen LogP contribution in [0.4, 0.5) is 5.82 Å². The zero-order chi connectivity index (χ0) is 14.7. The molecule has 4 nitrogen and oxygen atoms in total. The van der Waals surface area contributed by atoms with Crippen LogP contribution >= 0.6 is 27.5 Å². The highest BCUT2D eigenvalue weighted by molar-refractivity contribution is 9.10. The average molecular weight is 368 g/mol. The van der Waals surface area contributed by atoms with E-state index in [0.29, 0.717) is 5.15 Å². The minimum atomic E-state index is 0.546. The summed E-state index contributed by atoms with van der Waals surface area (Å²) in [5, 5.41) is 0.546. The Labute approximate surface area is 137 Å². The summed E-state index contributed by atoms with van der Waals surface area (Å²) in [7, 11) is 0. The Hall–Kier alpha value is -1.17. The summed E-state index contributed by atoms with van der Waals surface area (Å²) < 4.78 is 1.01. The van der Waals surface area contributed by atoms with Crippen LogP contribution in [0, 0.1) is 0 Å². The SMILES string of the molecule is Clc1ccc(CN2CCN(c3ccc(Br)cn3)CC2)cn1. The number of rotatable bonds is 3. The molecule has 1 aliphatic rings. The van der Waals surface area contributed by atoms with Crippen LogP contribution < -0.4 is 4.90 Å². The van der Waals surface area contributed by atoms with Gasteiger partial charge in [0.1, 0.15) is 11.0 Å². The molecule has 6 heteroatoms. The Morgan fingerprint density at radius 2 is 1.81 bits per heavy atom. The number of anilines is 1. The molecule has 0 aromatic carbocycles. The molecule has 3 rings (SSSR count). The first-order valence-electron chi connectivity index (χ1n) is 6.90. The van der Waals surface area contributed by atoms with E-state index in [1.165, 1.54) is 5.56 Å². The minimum absolute atomic E-state index is 0.546. The van der Waals surface area contributed by atoms with E-state index < -0.39 is 0 Å². The highest BCUT2D eigenvalue weighted by Crippen LogP contribution is 2.17. The summed E-state index contributed by atoms with van der Waals surface area (Å²) in [6.07, 6.45) is 3.70. The fourth-order valence-corrected chi connectivity index (χ4v) is 2.79. The van der Waals surface area contributed by atoms with E-state index in [0.717, 1.165) is 43.0 Å². The van der Waals surface area contributed by atoms with Crippen molar-refractivity contribution in [3.05, 3.63) is 51.8 Å². The van der Waals surface area contributed by atoms with Crippen LogP contribution in [-0.4, -0.2) is 41.0 Å². The molecule has 0 bridgehead atoms. The largest absolute Gasteiger partial charge is 0.354 e. The third-order valence-electron chi connectivity index (χ3n) is 3.60. The Bertz CT molecular complexity index is 580. The molecule has 0 atom stereocenters. The zero-order valence-electron chi connectivity index (χ0n) is 11.5. The van der Waals surface area contributed by atoms with Crippen molar-refractivity contribution in [2.45, 2.75) is 6.54 Å². The van der Waals surface area contributed by atoms with Gasteiger partial charge in [0.15, 0.2) is 0 Å². The summed E-state index contributed by atoms with van der Waals surface area (Å²) >= 11 is 9.23. The highest BCUT2D eigenvalue weighted by Gasteiger charge is 2.18. The first kappa shape index (κ1) is 14.8. The molecule has 0 spiro atoms. The van der Waals surface area contributed by atoms with E-state index in [1.807, 2.05) is 30.6 Å². The Balaban J connectivity index is 1.55. The molecule has 21 heavy (non-hydrogen) atoms. The molecule has 110 valence electrons. The predicted molar refractivity (Wildman–Crippen MR) is 88.7 cm³/mol. The number of aromatic nitrogens is 2. The first-order valence-corrected chi connectivity index (χ1v) is 8.07. The van der Waals surface area contributed by atoms with Gasteiger partial charge in [-0.05, 0) is 39.7 Å². The standard InChI is InChI=1S/C15H16BrClN4/c16-13-2-4-15(19-10-13)21-7-5-20(6-8-21)11-12-1-3-14(17)18-9-12/h1-4,9-10H,5-8,11H2. The lowest BCUT2D eigenvalue weighted by Gasteiger charge is -2.35. The van der Waals surface area contributed by atoms with E-state index in [1.54, 1.807) is 0 Å². The molecule has 3 heterocycles. The van der Waals surface area contributed by atoms with Gasteiger partial charge in [0.2, 0.25) is 0 Å². The van der Waals surface area contributed by atoms with Crippen molar-refractivity contribution in [1.82, 2.24) is 14.9 Å². The lowest BCUT2D eigenvalue weighted by Crippen LogP contribution is -2.46. The van der Waals surface area contributed by atoms with Crippen LogP contribution in [0.2, 0.25) is 5.15 Å². The molecule has 1 aliphatic heterocycles. The van der Waals surface area contributed by atoms with Gasteiger partial charge >= 0.3 is 0 Å². The molecule has 2 aromatic heterocycles. The fourth-order valence-electron chi connectivity index (χ4n) is 2.45. The summed E-state index contributed by atoms with van der Waals surface area (Å²) in [6, 6.07) is 7.98. The normalized spacial score (nSPS) is 16.2. The van der Waals surface area contributed by atoms with Gasteiger partial charge in [0, 0.05) is 49.6 Å². The van der Waals surface area contributed by atoms with Crippen LogP contribution in [0.25, 0.3) is 0 Å². The Morgan fingerprint density at radius 1 is 1.00 bits per heavy atom. The second kappa shape index (κ2) is 6.73. The van der Waals surface area contributed by atoms with Gasteiger partial charge in [-0.25, -0.2) is 9.97 Å². The van der Waals surface area contributed by atoms with Crippen LogP contribution in [0.3, 0.4) is 0 Å². The number of nitrogens with zero attached hydrogens (tertiary/aromatic N) is 4. The van der Waals surface area contributed by atoms with Gasteiger partial charge in [-0.1, -0.05) is 17.7 Å². The Kier molecular flexibility index (Phi) is 4.73. The van der Waals surface area contributed by atoms with Gasteiger partial charge in [0.25, 0.3) is 0 Å². The summed E-state index contributed by atoms with van der Waals surface area (Å²) in [5.74, 6) is 1.05. The lowest BCUT2D eigenvalue weighted by atomic mass is 10.2. The van der Waals surface area contributed by atoms with Gasteiger partial charge in [-0.15, -0.1) is 0 Å². The number of hydrogen-bond acceptors (Lipinski definition) is 4. The quantitative estimate of drug-likeness (QED) is 0.780. The van der Waals surface area contributed by atoms with Crippen molar-refractivity contribution in [2.24, 2.45) is 0 Å². The van der Waals surface area contributed by atoms with Crippen molar-refractivity contribution in [3.8, 4) is 0 Å². The highest BCUT2D eigenvalue weighted by atomic mass is 79.9. The molecular weight excluding hydrogens is 352 g/mol. The predicted octanol–water partition coefficient (Wildman–Crippen LogP) is 3.21. The summed E-state index contributed by atoms with van der Waals surface area (Å²) in [6.45, 7) is 4.97. The van der Waals surface area contributed by atoms with E-state index in [9.17, 15) is 0 Å². The molecule has 0 saturated carbocycles. The molecule has 0 N–H and O–H groups in total. The van der Waals surface area contributed by atoms with E-state index in [2.05, 4.69) is 41.8 Å². The molecule has 0 unspecified atom stereocenters. The van der Waals surface area contributed by atoms with E-state index in [-0.39, 0.29) is 0 Å². The van der Waals surface area contributed by atoms with Crippen molar-refractivity contribution >= 4 is 33.3 Å². The van der Waals surface area contributed by atoms with Crippen LogP contribution in [-0.2, 0) is 6.54 Å². The number of halogens is 2. The number of pyridine rings is 2. The zero-order valence-corrected chi connectivity index (χ0v) is 13.9. The maximum absolute atomic E-state index is 5.81. The van der Waals surface area contributed by atoms with Crippen molar-refractivity contribution in [3.63, 3.8) is 0 Å². The molecule has 1 saturated heterocycles. The van der Waals surface area contributed by atoms with Crippen molar-refractivity contribution in [1.29, 1.82) is 0 Å². The summed E-state index contributed by atoms with van der Waals surface area (Å²) in [4.78, 5) is 13.3.